The number of nitrogens with zero attached hydrogens (tertiary/aromatic N) is 4. The molecule has 2 aromatic heterocycles. The summed E-state index contributed by atoms with van der Waals surface area (Å²) >= 11 is 0. The monoisotopic (exact) mass is 289 g/mol. The van der Waals surface area contributed by atoms with E-state index in [1.807, 2.05) is 11.7 Å². The second-order valence-electron chi connectivity index (χ2n) is 5.38. The van der Waals surface area contributed by atoms with Gasteiger partial charge in [-0.3, -0.25) is 9.36 Å². The van der Waals surface area contributed by atoms with Gasteiger partial charge in [0.25, 0.3) is 0 Å². The molecule has 0 spiro atoms. The Morgan fingerprint density at radius 3 is 2.38 bits per heavy atom. The fourth-order valence-electron chi connectivity index (χ4n) is 2.88. The molecule has 0 saturated carbocycles. The van der Waals surface area contributed by atoms with Crippen LogP contribution in [-0.2, 0) is 39.3 Å². The summed E-state index contributed by atoms with van der Waals surface area (Å²) in [6, 6.07) is 2.18. The van der Waals surface area contributed by atoms with Crippen LogP contribution in [0.4, 0.5) is 0 Å². The molecule has 0 aliphatic heterocycles. The van der Waals surface area contributed by atoms with Crippen LogP contribution >= 0.6 is 0 Å². The molecule has 2 aromatic rings. The minimum Gasteiger partial charge on any atom is -0.330 e. The molecule has 0 radical (unpaired) electrons. The molecule has 0 fully saturated rings. The van der Waals surface area contributed by atoms with E-state index < -0.39 is 0 Å². The summed E-state index contributed by atoms with van der Waals surface area (Å²) in [4.78, 5) is 0. The van der Waals surface area contributed by atoms with Crippen molar-refractivity contribution in [2.45, 2.75) is 53.0 Å². The van der Waals surface area contributed by atoms with Gasteiger partial charge in [-0.15, -0.1) is 0 Å². The van der Waals surface area contributed by atoms with E-state index in [1.54, 1.807) is 0 Å². The minimum absolute atomic E-state index is 0.678. The van der Waals surface area contributed by atoms with Crippen LogP contribution < -0.4 is 5.73 Å². The highest BCUT2D eigenvalue weighted by Gasteiger charge is 2.16. The van der Waals surface area contributed by atoms with Gasteiger partial charge in [0.05, 0.1) is 23.6 Å². The number of hydrogen-bond acceptors (Lipinski definition) is 3. The van der Waals surface area contributed by atoms with Crippen LogP contribution in [-0.4, -0.2) is 26.1 Å². The average molecular weight is 289 g/mol. The van der Waals surface area contributed by atoms with Gasteiger partial charge in [0, 0.05) is 12.7 Å². The maximum atomic E-state index is 5.76. The predicted molar refractivity (Wildman–Crippen MR) is 85.4 cm³/mol. The Balaban J connectivity index is 2.36. The second-order valence-corrected chi connectivity index (χ2v) is 5.38. The first-order valence-electron chi connectivity index (χ1n) is 7.93. The van der Waals surface area contributed by atoms with Crippen LogP contribution in [0, 0.1) is 0 Å². The van der Waals surface area contributed by atoms with E-state index in [9.17, 15) is 0 Å². The molecule has 0 aromatic carbocycles. The van der Waals surface area contributed by atoms with Gasteiger partial charge >= 0.3 is 0 Å². The quantitative estimate of drug-likeness (QED) is 0.846. The highest BCUT2D eigenvalue weighted by Crippen LogP contribution is 2.18. The lowest BCUT2D eigenvalue weighted by Gasteiger charge is -2.08. The Bertz CT molecular complexity index is 594. The van der Waals surface area contributed by atoms with Crippen molar-refractivity contribution in [2.75, 3.05) is 6.54 Å². The first-order valence-corrected chi connectivity index (χ1v) is 7.93. The van der Waals surface area contributed by atoms with E-state index in [0.717, 1.165) is 37.9 Å². The van der Waals surface area contributed by atoms with Gasteiger partial charge in [0.15, 0.2) is 0 Å². The fraction of sp³-hybridized carbons (Fsp3) is 0.625. The summed E-state index contributed by atoms with van der Waals surface area (Å²) < 4.78 is 4.11. The number of nitrogens with two attached hydrogens (primary N) is 1. The molecule has 2 rings (SSSR count). The molecular weight excluding hydrogens is 262 g/mol. The smallest absolute Gasteiger partial charge is 0.0831 e. The highest BCUT2D eigenvalue weighted by molar-refractivity contribution is 5.28. The summed E-state index contributed by atoms with van der Waals surface area (Å²) in [6.45, 7) is 7.94. The van der Waals surface area contributed by atoms with Crippen molar-refractivity contribution in [3.8, 4) is 0 Å². The molecule has 0 saturated heterocycles. The van der Waals surface area contributed by atoms with E-state index in [2.05, 4.69) is 36.6 Å². The lowest BCUT2D eigenvalue weighted by molar-refractivity contribution is 0.591. The normalized spacial score (nSPS) is 11.3. The van der Waals surface area contributed by atoms with Gasteiger partial charge in [-0.1, -0.05) is 20.8 Å². The minimum atomic E-state index is 0.678. The Hall–Kier alpha value is -1.62. The van der Waals surface area contributed by atoms with Crippen LogP contribution in [0.2, 0.25) is 0 Å². The van der Waals surface area contributed by atoms with Gasteiger partial charge in [-0.2, -0.15) is 10.2 Å². The molecule has 0 amide bonds. The van der Waals surface area contributed by atoms with Crippen LogP contribution in [0.3, 0.4) is 0 Å². The molecule has 2 N–H and O–H groups in total. The lowest BCUT2D eigenvalue weighted by Crippen LogP contribution is -2.11. The van der Waals surface area contributed by atoms with E-state index in [-0.39, 0.29) is 0 Å². The zero-order valence-corrected chi connectivity index (χ0v) is 13.7. The molecule has 2 heterocycles. The summed E-state index contributed by atoms with van der Waals surface area (Å²) in [5, 5.41) is 9.33. The Kier molecular flexibility index (Phi) is 5.17. The highest BCUT2D eigenvalue weighted by atomic mass is 15.3. The number of aromatic nitrogens is 4. The van der Waals surface area contributed by atoms with Crippen LogP contribution in [0.5, 0.6) is 0 Å². The molecule has 116 valence electrons. The summed E-state index contributed by atoms with van der Waals surface area (Å²) in [6.07, 6.45) is 3.83. The SMILES string of the molecule is CCc1cc(Cn2nc(CC)c(CCN)c2CC)n(C)n1. The first-order chi connectivity index (χ1) is 10.1. The van der Waals surface area contributed by atoms with Crippen molar-refractivity contribution in [1.82, 2.24) is 19.6 Å². The standard InChI is InChI=1S/C16H27N5/c1-5-12-10-13(20(4)18-12)11-21-16(7-3)14(8-9-17)15(6-2)19-21/h10H,5-9,11,17H2,1-4H3. The zero-order valence-electron chi connectivity index (χ0n) is 13.7. The van der Waals surface area contributed by atoms with Crippen LogP contribution in [0.15, 0.2) is 6.07 Å². The van der Waals surface area contributed by atoms with E-state index >= 15 is 0 Å². The van der Waals surface area contributed by atoms with Crippen LogP contribution in [0.1, 0.15) is 49.1 Å². The fourth-order valence-corrected chi connectivity index (χ4v) is 2.88. The molecule has 21 heavy (non-hydrogen) atoms. The summed E-state index contributed by atoms with van der Waals surface area (Å²) in [5.74, 6) is 0. The van der Waals surface area contributed by atoms with Crippen molar-refractivity contribution in [3.05, 3.63) is 34.4 Å². The molecular formula is C16H27N5. The van der Waals surface area contributed by atoms with Gasteiger partial charge in [-0.25, -0.2) is 0 Å². The number of hydrogen-bond donors (Lipinski definition) is 1. The van der Waals surface area contributed by atoms with Crippen molar-refractivity contribution >= 4 is 0 Å². The number of aryl methyl sites for hydroxylation is 3. The third kappa shape index (κ3) is 3.18. The molecule has 0 aliphatic rings. The van der Waals surface area contributed by atoms with E-state index in [1.165, 1.54) is 22.6 Å². The van der Waals surface area contributed by atoms with Gasteiger partial charge < -0.3 is 5.73 Å². The molecule has 0 unspecified atom stereocenters. The third-order valence-corrected chi connectivity index (χ3v) is 4.02. The average Bonchev–Trinajstić information content (AvgIpc) is 3.00. The van der Waals surface area contributed by atoms with Crippen LogP contribution in [0.25, 0.3) is 0 Å². The molecule has 5 heteroatoms. The maximum Gasteiger partial charge on any atom is 0.0831 e. The first kappa shape index (κ1) is 15.8. The topological polar surface area (TPSA) is 61.7 Å². The summed E-state index contributed by atoms with van der Waals surface area (Å²) in [7, 11) is 2.01. The second kappa shape index (κ2) is 6.89. The predicted octanol–water partition coefficient (Wildman–Crippen LogP) is 1.85. The largest absolute Gasteiger partial charge is 0.330 e. The van der Waals surface area contributed by atoms with Gasteiger partial charge in [-0.05, 0) is 43.9 Å². The van der Waals surface area contributed by atoms with Gasteiger partial charge in [0.1, 0.15) is 0 Å². The Morgan fingerprint density at radius 1 is 1.10 bits per heavy atom. The molecule has 0 aliphatic carbocycles. The lowest BCUT2D eigenvalue weighted by atomic mass is 10.1. The maximum absolute atomic E-state index is 5.76. The Labute approximate surface area is 127 Å². The molecule has 5 nitrogen and oxygen atoms in total. The zero-order chi connectivity index (χ0) is 15.4. The molecule has 0 bridgehead atoms. The van der Waals surface area contributed by atoms with Crippen molar-refractivity contribution in [2.24, 2.45) is 12.8 Å². The van der Waals surface area contributed by atoms with E-state index in [0.29, 0.717) is 6.54 Å². The van der Waals surface area contributed by atoms with Gasteiger partial charge in [0.2, 0.25) is 0 Å². The van der Waals surface area contributed by atoms with E-state index in [4.69, 9.17) is 10.8 Å². The Morgan fingerprint density at radius 2 is 1.86 bits per heavy atom. The third-order valence-electron chi connectivity index (χ3n) is 4.02. The molecule has 0 atom stereocenters. The summed E-state index contributed by atoms with van der Waals surface area (Å²) in [5.41, 5.74) is 12.0. The van der Waals surface area contributed by atoms with Crippen molar-refractivity contribution in [1.29, 1.82) is 0 Å². The van der Waals surface area contributed by atoms with Crippen molar-refractivity contribution < 1.29 is 0 Å². The number of rotatable bonds is 7. The van der Waals surface area contributed by atoms with Crippen molar-refractivity contribution in [3.63, 3.8) is 0 Å².